The molecule has 0 aromatic heterocycles. The quantitative estimate of drug-likeness (QED) is 0.465. The van der Waals surface area contributed by atoms with Gasteiger partial charge >= 0.3 is 0 Å². The summed E-state index contributed by atoms with van der Waals surface area (Å²) in [6, 6.07) is 0. The van der Waals surface area contributed by atoms with Gasteiger partial charge in [-0.3, -0.25) is 9.69 Å². The number of aliphatic hydroxyl groups excluding tert-OH is 1. The van der Waals surface area contributed by atoms with Crippen molar-refractivity contribution >= 4 is 5.91 Å². The number of carbonyl (C=O) groups excluding carboxylic acids is 1. The van der Waals surface area contributed by atoms with Crippen LogP contribution in [0, 0.1) is 0 Å². The van der Waals surface area contributed by atoms with Gasteiger partial charge in [-0.25, -0.2) is 0 Å². The summed E-state index contributed by atoms with van der Waals surface area (Å²) in [5.74, 6) is -0.0912. The normalized spacial score (nSPS) is 9.78. The Balaban J connectivity index is 3.34. The Kier molecular flexibility index (Phi) is 4.00. The smallest absolute Gasteiger partial charge is 0.233 e. The van der Waals surface area contributed by atoms with Crippen LogP contribution in [-0.2, 0) is 4.79 Å². The largest absolute Gasteiger partial charge is 0.381 e. The molecule has 4 heteroatoms. The molecule has 0 aliphatic heterocycles. The second kappa shape index (κ2) is 4.29. The van der Waals surface area contributed by atoms with E-state index >= 15 is 0 Å². The molecule has 0 aliphatic rings. The van der Waals surface area contributed by atoms with E-state index in [-0.39, 0.29) is 19.2 Å². The third-order valence-corrected chi connectivity index (χ3v) is 0.934. The highest BCUT2D eigenvalue weighted by molar-refractivity contribution is 5.77. The summed E-state index contributed by atoms with van der Waals surface area (Å²) in [7, 11) is 3.22. The van der Waals surface area contributed by atoms with E-state index in [0.717, 1.165) is 0 Å². The average Bonchev–Trinajstić information content (AvgIpc) is 1.87. The summed E-state index contributed by atoms with van der Waals surface area (Å²) >= 11 is 0. The molecule has 0 fully saturated rings. The van der Waals surface area contributed by atoms with Gasteiger partial charge in [0, 0.05) is 7.05 Å². The molecule has 0 bridgehead atoms. The lowest BCUT2D eigenvalue weighted by molar-refractivity contribution is -0.122. The minimum absolute atomic E-state index is 0.0899. The molecule has 9 heavy (non-hydrogen) atoms. The van der Waals surface area contributed by atoms with E-state index in [1.807, 2.05) is 0 Å². The maximum Gasteiger partial charge on any atom is 0.233 e. The molecule has 0 heterocycles. The van der Waals surface area contributed by atoms with Gasteiger partial charge in [0.1, 0.15) is 0 Å². The van der Waals surface area contributed by atoms with E-state index < -0.39 is 0 Å². The van der Waals surface area contributed by atoms with E-state index in [1.54, 1.807) is 14.1 Å². The fourth-order valence-corrected chi connectivity index (χ4v) is 0.374. The van der Waals surface area contributed by atoms with Crippen LogP contribution in [0.1, 0.15) is 0 Å². The molecule has 0 saturated heterocycles. The van der Waals surface area contributed by atoms with Gasteiger partial charge in [-0.1, -0.05) is 0 Å². The first-order valence-corrected chi connectivity index (χ1v) is 2.70. The monoisotopic (exact) mass is 132 g/mol. The molecule has 0 aromatic rings. The molecule has 1 amide bonds. The lowest BCUT2D eigenvalue weighted by Gasteiger charge is -2.10. The van der Waals surface area contributed by atoms with Gasteiger partial charge < -0.3 is 10.4 Å². The van der Waals surface area contributed by atoms with Crippen molar-refractivity contribution in [2.45, 2.75) is 0 Å². The molecule has 0 unspecified atom stereocenters. The summed E-state index contributed by atoms with van der Waals surface area (Å²) in [6.45, 7) is 0.153. The number of carbonyl (C=O) groups is 1. The van der Waals surface area contributed by atoms with Crippen LogP contribution in [0.5, 0.6) is 0 Å². The van der Waals surface area contributed by atoms with Crippen molar-refractivity contribution in [3.8, 4) is 0 Å². The maximum atomic E-state index is 10.5. The summed E-state index contributed by atoms with van der Waals surface area (Å²) in [6.07, 6.45) is 0. The van der Waals surface area contributed by atoms with Gasteiger partial charge in [-0.2, -0.15) is 0 Å². The van der Waals surface area contributed by atoms with E-state index in [1.165, 1.54) is 4.90 Å². The van der Waals surface area contributed by atoms with Crippen LogP contribution in [0.25, 0.3) is 0 Å². The van der Waals surface area contributed by atoms with Gasteiger partial charge in [0.25, 0.3) is 0 Å². The fourth-order valence-electron chi connectivity index (χ4n) is 0.374. The average molecular weight is 132 g/mol. The molecule has 2 N–H and O–H groups in total. The number of hydrogen-bond donors (Lipinski definition) is 2. The number of nitrogens with zero attached hydrogens (tertiary/aromatic N) is 1. The molecule has 0 saturated carbocycles. The molecule has 4 nitrogen and oxygen atoms in total. The third kappa shape index (κ3) is 3.93. The summed E-state index contributed by atoms with van der Waals surface area (Å²) in [4.78, 5) is 12.0. The predicted molar refractivity (Wildman–Crippen MR) is 33.8 cm³/mol. The van der Waals surface area contributed by atoms with E-state index in [9.17, 15) is 4.79 Å². The van der Waals surface area contributed by atoms with Crippen LogP contribution < -0.4 is 5.32 Å². The van der Waals surface area contributed by atoms with E-state index in [2.05, 4.69) is 5.32 Å². The lowest BCUT2D eigenvalue weighted by Crippen LogP contribution is -2.33. The Morgan fingerprint density at radius 3 is 2.67 bits per heavy atom. The van der Waals surface area contributed by atoms with Crippen molar-refractivity contribution in [1.82, 2.24) is 10.2 Å². The van der Waals surface area contributed by atoms with Gasteiger partial charge in [0.2, 0.25) is 5.91 Å². The lowest BCUT2D eigenvalue weighted by atomic mass is 10.5. The van der Waals surface area contributed by atoms with Crippen molar-refractivity contribution in [3.05, 3.63) is 0 Å². The number of rotatable bonds is 3. The van der Waals surface area contributed by atoms with Crippen molar-refractivity contribution in [3.63, 3.8) is 0 Å². The van der Waals surface area contributed by atoms with Crippen molar-refractivity contribution in [2.75, 3.05) is 27.4 Å². The molecular weight excluding hydrogens is 120 g/mol. The van der Waals surface area contributed by atoms with Crippen LogP contribution in [0.3, 0.4) is 0 Å². The fraction of sp³-hybridized carbons (Fsp3) is 0.800. The number of nitrogens with one attached hydrogen (secondary N) is 1. The zero-order valence-electron chi connectivity index (χ0n) is 5.72. The van der Waals surface area contributed by atoms with Crippen molar-refractivity contribution in [2.24, 2.45) is 0 Å². The van der Waals surface area contributed by atoms with Crippen LogP contribution >= 0.6 is 0 Å². The zero-order valence-corrected chi connectivity index (χ0v) is 5.72. The molecular formula is C5H12N2O2. The SMILES string of the molecule is CNC(=O)CN(C)CO. The molecule has 0 aliphatic carbocycles. The zero-order chi connectivity index (χ0) is 7.28. The highest BCUT2D eigenvalue weighted by Gasteiger charge is 2.00. The van der Waals surface area contributed by atoms with E-state index in [0.29, 0.717) is 0 Å². The van der Waals surface area contributed by atoms with Gasteiger partial charge in [-0.05, 0) is 7.05 Å². The van der Waals surface area contributed by atoms with Crippen molar-refractivity contribution < 1.29 is 9.90 Å². The second-order valence-corrected chi connectivity index (χ2v) is 1.83. The Labute approximate surface area is 54.5 Å². The first-order chi connectivity index (χ1) is 4.20. The number of aliphatic hydroxyl groups is 1. The Bertz CT molecular complexity index is 95.0. The van der Waals surface area contributed by atoms with Crippen LogP contribution in [0.4, 0.5) is 0 Å². The predicted octanol–water partition coefficient (Wildman–Crippen LogP) is -1.39. The minimum atomic E-state index is -0.0912. The second-order valence-electron chi connectivity index (χ2n) is 1.83. The van der Waals surface area contributed by atoms with Crippen molar-refractivity contribution in [1.29, 1.82) is 0 Å². The molecule has 54 valence electrons. The molecule has 0 atom stereocenters. The summed E-state index contributed by atoms with van der Waals surface area (Å²) < 4.78 is 0. The van der Waals surface area contributed by atoms with Gasteiger partial charge in [-0.15, -0.1) is 0 Å². The van der Waals surface area contributed by atoms with Crippen LogP contribution in [-0.4, -0.2) is 43.3 Å². The van der Waals surface area contributed by atoms with Crippen LogP contribution in [0.15, 0.2) is 0 Å². The van der Waals surface area contributed by atoms with Gasteiger partial charge in [0.05, 0.1) is 13.3 Å². The third-order valence-electron chi connectivity index (χ3n) is 0.934. The van der Waals surface area contributed by atoms with Gasteiger partial charge in [0.15, 0.2) is 0 Å². The highest BCUT2D eigenvalue weighted by Crippen LogP contribution is 1.75. The Hall–Kier alpha value is -0.610. The minimum Gasteiger partial charge on any atom is -0.381 e. The summed E-state index contributed by atoms with van der Waals surface area (Å²) in [5, 5.41) is 10.9. The standard InChI is InChI=1S/C5H12N2O2/c1-6-5(9)3-7(2)4-8/h8H,3-4H2,1-2H3,(H,6,9). The Morgan fingerprint density at radius 1 is 1.78 bits per heavy atom. The first-order valence-electron chi connectivity index (χ1n) is 2.70. The molecule has 0 radical (unpaired) electrons. The van der Waals surface area contributed by atoms with Crippen LogP contribution in [0.2, 0.25) is 0 Å². The Morgan fingerprint density at radius 2 is 2.33 bits per heavy atom. The highest BCUT2D eigenvalue weighted by atomic mass is 16.3. The summed E-state index contributed by atoms with van der Waals surface area (Å²) in [5.41, 5.74) is 0. The molecule has 0 spiro atoms. The number of likely N-dealkylation sites (N-methyl/N-ethyl adjacent to an activating group) is 2. The first kappa shape index (κ1) is 8.39. The van der Waals surface area contributed by atoms with E-state index in [4.69, 9.17) is 5.11 Å². The number of hydrogen-bond acceptors (Lipinski definition) is 3. The topological polar surface area (TPSA) is 52.6 Å². The maximum absolute atomic E-state index is 10.5. The number of amides is 1. The molecule has 0 aromatic carbocycles. The molecule has 0 rings (SSSR count).